The van der Waals surface area contributed by atoms with E-state index in [4.69, 9.17) is 4.74 Å². The van der Waals surface area contributed by atoms with Crippen molar-refractivity contribution in [3.05, 3.63) is 64.5 Å². The molecule has 118 valence electrons. The number of likely N-dealkylation sites (N-methyl/N-ethyl adjacent to an activating group) is 1. The molecular weight excluding hydrogens is 302 g/mol. The summed E-state index contributed by atoms with van der Waals surface area (Å²) in [6.45, 7) is 5.42. The molecule has 3 heteroatoms. The summed E-state index contributed by atoms with van der Waals surface area (Å²) in [5.41, 5.74) is 4.20. The Bertz CT molecular complexity index is 839. The van der Waals surface area contributed by atoms with E-state index in [0.717, 1.165) is 25.4 Å². The minimum Gasteiger partial charge on any atom is -0.496 e. The molecule has 2 nitrogen and oxygen atoms in total. The summed E-state index contributed by atoms with van der Waals surface area (Å²) in [6.07, 6.45) is 0. The largest absolute Gasteiger partial charge is 0.496 e. The first-order valence-electron chi connectivity index (χ1n) is 8.16. The van der Waals surface area contributed by atoms with Crippen molar-refractivity contribution in [3.63, 3.8) is 0 Å². The van der Waals surface area contributed by atoms with Gasteiger partial charge in [0.2, 0.25) is 0 Å². The molecular formula is C20H21NOS. The van der Waals surface area contributed by atoms with Crippen molar-refractivity contribution in [2.45, 2.75) is 19.4 Å². The summed E-state index contributed by atoms with van der Waals surface area (Å²) in [7, 11) is 1.79. The van der Waals surface area contributed by atoms with Crippen LogP contribution in [0.1, 0.15) is 29.5 Å². The van der Waals surface area contributed by atoms with Crippen LogP contribution in [0.15, 0.2) is 47.8 Å². The molecule has 1 unspecified atom stereocenters. The first-order chi connectivity index (χ1) is 11.3. The van der Waals surface area contributed by atoms with Gasteiger partial charge in [-0.3, -0.25) is 4.90 Å². The molecule has 2 heterocycles. The smallest absolute Gasteiger partial charge is 0.131 e. The molecule has 1 atom stereocenters. The Labute approximate surface area is 141 Å². The normalized spacial score (nSPS) is 18.1. The maximum atomic E-state index is 5.84. The highest BCUT2D eigenvalue weighted by molar-refractivity contribution is 7.17. The van der Waals surface area contributed by atoms with Crippen LogP contribution in [0, 0.1) is 0 Å². The molecule has 0 saturated heterocycles. The van der Waals surface area contributed by atoms with Crippen molar-refractivity contribution in [2.75, 3.05) is 20.2 Å². The third-order valence-corrected chi connectivity index (χ3v) is 5.79. The monoisotopic (exact) mass is 323 g/mol. The predicted molar refractivity (Wildman–Crippen MR) is 97.6 cm³/mol. The van der Waals surface area contributed by atoms with E-state index in [1.54, 1.807) is 18.4 Å². The number of fused-ring (bicyclic) bond motifs is 2. The third-order valence-electron chi connectivity index (χ3n) is 4.91. The van der Waals surface area contributed by atoms with Crippen molar-refractivity contribution in [2.24, 2.45) is 0 Å². The van der Waals surface area contributed by atoms with E-state index in [-0.39, 0.29) is 0 Å². The summed E-state index contributed by atoms with van der Waals surface area (Å²) < 4.78 is 7.14. The van der Waals surface area contributed by atoms with Crippen molar-refractivity contribution in [1.82, 2.24) is 4.90 Å². The Kier molecular flexibility index (Phi) is 3.83. The van der Waals surface area contributed by atoms with Gasteiger partial charge in [-0.15, -0.1) is 11.3 Å². The predicted octanol–water partition coefficient (Wildman–Crippen LogP) is 4.88. The molecule has 1 aliphatic rings. The molecule has 4 rings (SSSR count). The molecule has 1 aliphatic heterocycles. The molecule has 0 N–H and O–H groups in total. The zero-order valence-corrected chi connectivity index (χ0v) is 14.4. The minimum absolute atomic E-state index is 0.374. The van der Waals surface area contributed by atoms with Crippen LogP contribution in [0.25, 0.3) is 10.1 Å². The Morgan fingerprint density at radius 1 is 1.13 bits per heavy atom. The maximum Gasteiger partial charge on any atom is 0.131 e. The van der Waals surface area contributed by atoms with Crippen LogP contribution in [-0.4, -0.2) is 25.1 Å². The second-order valence-corrected chi connectivity index (χ2v) is 7.05. The van der Waals surface area contributed by atoms with Crippen molar-refractivity contribution >= 4 is 21.4 Å². The molecule has 0 fully saturated rings. The number of ether oxygens (including phenoxy) is 1. The van der Waals surface area contributed by atoms with Gasteiger partial charge in [-0.05, 0) is 35.2 Å². The van der Waals surface area contributed by atoms with E-state index >= 15 is 0 Å². The fourth-order valence-corrected chi connectivity index (χ4v) is 4.51. The quantitative estimate of drug-likeness (QED) is 0.681. The summed E-state index contributed by atoms with van der Waals surface area (Å²) in [5, 5.41) is 3.38. The van der Waals surface area contributed by atoms with Crippen LogP contribution in [0.4, 0.5) is 0 Å². The van der Waals surface area contributed by atoms with Crippen LogP contribution < -0.4 is 4.74 Å². The van der Waals surface area contributed by atoms with Crippen molar-refractivity contribution in [1.29, 1.82) is 0 Å². The first-order valence-corrected chi connectivity index (χ1v) is 9.04. The standard InChI is InChI=1S/C20H21NOS/c1-3-21-12-14-6-4-5-7-15(14)18(13-21)16-8-9-19-17(10-11-23-19)20(16)22-2/h4-11,18H,3,12-13H2,1-2H3. The van der Waals surface area contributed by atoms with Gasteiger partial charge in [0, 0.05) is 34.7 Å². The Balaban J connectivity index is 1.89. The molecule has 1 aromatic heterocycles. The summed E-state index contributed by atoms with van der Waals surface area (Å²) >= 11 is 1.77. The van der Waals surface area contributed by atoms with Gasteiger partial charge in [0.25, 0.3) is 0 Å². The molecule has 2 aromatic carbocycles. The van der Waals surface area contributed by atoms with Gasteiger partial charge in [-0.2, -0.15) is 0 Å². The number of nitrogens with zero attached hydrogens (tertiary/aromatic N) is 1. The third kappa shape index (κ3) is 2.44. The van der Waals surface area contributed by atoms with Crippen LogP contribution in [0.3, 0.4) is 0 Å². The molecule has 0 aliphatic carbocycles. The van der Waals surface area contributed by atoms with Gasteiger partial charge in [-0.25, -0.2) is 0 Å². The van der Waals surface area contributed by atoms with Gasteiger partial charge in [0.15, 0.2) is 0 Å². The van der Waals surface area contributed by atoms with Gasteiger partial charge in [0.05, 0.1) is 7.11 Å². The Hall–Kier alpha value is -1.84. The lowest BCUT2D eigenvalue weighted by Crippen LogP contribution is -2.34. The molecule has 0 bridgehead atoms. The summed E-state index contributed by atoms with van der Waals surface area (Å²) in [6, 6.07) is 15.5. The average Bonchev–Trinajstić information content (AvgIpc) is 3.08. The molecule has 0 radical (unpaired) electrons. The van der Waals surface area contributed by atoms with Gasteiger partial charge in [-0.1, -0.05) is 37.3 Å². The number of rotatable bonds is 3. The molecule has 0 saturated carbocycles. The highest BCUT2D eigenvalue weighted by Crippen LogP contribution is 2.42. The highest BCUT2D eigenvalue weighted by Gasteiger charge is 2.28. The van der Waals surface area contributed by atoms with Crippen LogP contribution in [0.5, 0.6) is 5.75 Å². The fraction of sp³-hybridized carbons (Fsp3) is 0.300. The van der Waals surface area contributed by atoms with Gasteiger partial charge in [0.1, 0.15) is 5.75 Å². The highest BCUT2D eigenvalue weighted by atomic mass is 32.1. The number of thiophene rings is 1. The van der Waals surface area contributed by atoms with E-state index < -0.39 is 0 Å². The second-order valence-electron chi connectivity index (χ2n) is 6.10. The number of hydrogen-bond donors (Lipinski definition) is 0. The SMILES string of the molecule is CCN1Cc2ccccc2C(c2ccc3sccc3c2OC)C1. The van der Waals surface area contributed by atoms with Gasteiger partial charge < -0.3 is 4.74 Å². The van der Waals surface area contributed by atoms with Crippen molar-refractivity contribution in [3.8, 4) is 5.75 Å². The summed E-state index contributed by atoms with van der Waals surface area (Å²) in [4.78, 5) is 2.52. The molecule has 0 amide bonds. The second kappa shape index (κ2) is 5.99. The zero-order chi connectivity index (χ0) is 15.8. The fourth-order valence-electron chi connectivity index (χ4n) is 3.72. The lowest BCUT2D eigenvalue weighted by atomic mass is 9.84. The number of hydrogen-bond acceptors (Lipinski definition) is 3. The number of benzene rings is 2. The van der Waals surface area contributed by atoms with E-state index in [1.807, 2.05) is 0 Å². The first kappa shape index (κ1) is 14.7. The molecule has 3 aromatic rings. The lowest BCUT2D eigenvalue weighted by Gasteiger charge is -2.35. The van der Waals surface area contributed by atoms with E-state index in [2.05, 4.69) is 59.7 Å². The zero-order valence-electron chi connectivity index (χ0n) is 13.6. The van der Waals surface area contributed by atoms with E-state index in [9.17, 15) is 0 Å². The lowest BCUT2D eigenvalue weighted by molar-refractivity contribution is 0.251. The Morgan fingerprint density at radius 2 is 2.00 bits per heavy atom. The van der Waals surface area contributed by atoms with Crippen molar-refractivity contribution < 1.29 is 4.74 Å². The van der Waals surface area contributed by atoms with Crippen LogP contribution in [-0.2, 0) is 6.54 Å². The summed E-state index contributed by atoms with van der Waals surface area (Å²) in [5.74, 6) is 1.42. The average molecular weight is 323 g/mol. The minimum atomic E-state index is 0.374. The van der Waals surface area contributed by atoms with Gasteiger partial charge >= 0.3 is 0 Å². The Morgan fingerprint density at radius 3 is 2.83 bits per heavy atom. The van der Waals surface area contributed by atoms with E-state index in [1.165, 1.54) is 26.8 Å². The molecule has 0 spiro atoms. The number of methoxy groups -OCH3 is 1. The van der Waals surface area contributed by atoms with Crippen LogP contribution in [0.2, 0.25) is 0 Å². The van der Waals surface area contributed by atoms with E-state index in [0.29, 0.717) is 5.92 Å². The van der Waals surface area contributed by atoms with Crippen LogP contribution >= 0.6 is 11.3 Å². The molecule has 23 heavy (non-hydrogen) atoms. The maximum absolute atomic E-state index is 5.84. The topological polar surface area (TPSA) is 12.5 Å².